The van der Waals surface area contributed by atoms with Crippen LogP contribution >= 0.6 is 11.8 Å². The van der Waals surface area contributed by atoms with Crippen LogP contribution in [0.5, 0.6) is 0 Å². The van der Waals surface area contributed by atoms with E-state index in [0.717, 1.165) is 5.56 Å². The number of imidazole rings is 1. The number of rotatable bonds is 9. The zero-order chi connectivity index (χ0) is 28.0. The van der Waals surface area contributed by atoms with Gasteiger partial charge in [0.2, 0.25) is 0 Å². The number of nitrogens with two attached hydrogens (primary N) is 1. The summed E-state index contributed by atoms with van der Waals surface area (Å²) in [6.07, 6.45) is 0.858. The SMILES string of the molecule is CSCC[C@H](NC[C@H]1O[C@@H](n2cnc3c(N)ncnc32)[C@H](O)[C@@H]1O)C(=O)O.Cc1ccc(S(=O)(=O)O)cc1. The summed E-state index contributed by atoms with van der Waals surface area (Å²) in [5.41, 5.74) is 7.45. The molecule has 0 spiro atoms. The van der Waals surface area contributed by atoms with E-state index in [1.165, 1.54) is 29.4 Å². The third-order valence-corrected chi connectivity index (χ3v) is 7.30. The van der Waals surface area contributed by atoms with Crippen molar-refractivity contribution >= 4 is 44.8 Å². The van der Waals surface area contributed by atoms with Crippen molar-refractivity contribution in [2.45, 2.75) is 48.8 Å². The molecule has 0 unspecified atom stereocenters. The van der Waals surface area contributed by atoms with E-state index in [1.54, 1.807) is 23.9 Å². The Labute approximate surface area is 223 Å². The summed E-state index contributed by atoms with van der Waals surface area (Å²) in [6.45, 7) is 1.91. The number of carboxylic acid groups (broad SMARTS) is 1. The van der Waals surface area contributed by atoms with E-state index >= 15 is 0 Å². The normalized spacial score (nSPS) is 22.1. The van der Waals surface area contributed by atoms with Crippen molar-refractivity contribution < 1.29 is 37.8 Å². The van der Waals surface area contributed by atoms with Gasteiger partial charge in [0.25, 0.3) is 10.1 Å². The topological polar surface area (TPSA) is 223 Å². The van der Waals surface area contributed by atoms with E-state index in [2.05, 4.69) is 20.3 Å². The van der Waals surface area contributed by atoms with Crippen LogP contribution in [0.1, 0.15) is 18.2 Å². The molecular formula is C22H30N6O8S2. The summed E-state index contributed by atoms with van der Waals surface area (Å²) in [5.74, 6) is -0.0876. The number of hydrogen-bond donors (Lipinski definition) is 6. The van der Waals surface area contributed by atoms with Gasteiger partial charge < -0.3 is 31.1 Å². The fourth-order valence-corrected chi connectivity index (χ4v) is 4.65. The van der Waals surface area contributed by atoms with Gasteiger partial charge in [0.15, 0.2) is 17.7 Å². The zero-order valence-corrected chi connectivity index (χ0v) is 22.2. The highest BCUT2D eigenvalue weighted by Gasteiger charge is 2.44. The Kier molecular flexibility index (Phi) is 10.00. The number of aryl methyl sites for hydroxylation is 1. The summed E-state index contributed by atoms with van der Waals surface area (Å²) in [7, 11) is -4.02. The molecule has 3 heterocycles. The molecular weight excluding hydrogens is 540 g/mol. The molecule has 3 aromatic rings. The number of anilines is 1. The van der Waals surface area contributed by atoms with Crippen molar-refractivity contribution in [2.24, 2.45) is 0 Å². The number of hydrogen-bond acceptors (Lipinski definition) is 12. The number of fused-ring (bicyclic) bond motifs is 1. The highest BCUT2D eigenvalue weighted by Crippen LogP contribution is 2.31. The van der Waals surface area contributed by atoms with E-state index in [-0.39, 0.29) is 17.3 Å². The lowest BCUT2D eigenvalue weighted by atomic mass is 10.1. The summed E-state index contributed by atoms with van der Waals surface area (Å²) in [4.78, 5) is 23.3. The predicted molar refractivity (Wildman–Crippen MR) is 139 cm³/mol. The number of aliphatic hydroxyl groups excluding tert-OH is 2. The van der Waals surface area contributed by atoms with E-state index in [4.69, 9.17) is 15.0 Å². The van der Waals surface area contributed by atoms with E-state index in [0.29, 0.717) is 23.3 Å². The first-order valence-electron chi connectivity index (χ1n) is 11.4. The van der Waals surface area contributed by atoms with Crippen molar-refractivity contribution in [3.8, 4) is 0 Å². The fourth-order valence-electron chi connectivity index (χ4n) is 3.70. The summed E-state index contributed by atoms with van der Waals surface area (Å²) in [5, 5.41) is 32.9. The number of carboxylic acids is 1. The molecule has 38 heavy (non-hydrogen) atoms. The number of nitrogens with zero attached hydrogens (tertiary/aromatic N) is 4. The number of aromatic nitrogens is 4. The molecule has 0 bridgehead atoms. The molecule has 16 heteroatoms. The lowest BCUT2D eigenvalue weighted by molar-refractivity contribution is -0.139. The van der Waals surface area contributed by atoms with Crippen LogP contribution in [-0.4, -0.2) is 96.7 Å². The van der Waals surface area contributed by atoms with E-state index in [1.807, 2.05) is 13.2 Å². The number of aliphatic hydroxyl groups is 2. The number of carbonyl (C=O) groups is 1. The van der Waals surface area contributed by atoms with Crippen LogP contribution in [0, 0.1) is 6.92 Å². The summed E-state index contributed by atoms with van der Waals surface area (Å²) < 4.78 is 36.8. The van der Waals surface area contributed by atoms with Crippen LogP contribution in [0.2, 0.25) is 0 Å². The lowest BCUT2D eigenvalue weighted by Crippen LogP contribution is -2.44. The van der Waals surface area contributed by atoms with Gasteiger partial charge in [-0.2, -0.15) is 20.2 Å². The number of ether oxygens (including phenoxy) is 1. The molecule has 0 radical (unpaired) electrons. The average molecular weight is 571 g/mol. The summed E-state index contributed by atoms with van der Waals surface area (Å²) in [6, 6.07) is 5.23. The van der Waals surface area contributed by atoms with Gasteiger partial charge in [-0.15, -0.1) is 0 Å². The van der Waals surface area contributed by atoms with Gasteiger partial charge in [0, 0.05) is 6.54 Å². The first-order chi connectivity index (χ1) is 17.9. The molecule has 4 rings (SSSR count). The zero-order valence-electron chi connectivity index (χ0n) is 20.6. The Balaban J connectivity index is 0.000000304. The average Bonchev–Trinajstić information content (AvgIpc) is 3.41. The minimum absolute atomic E-state index is 0.0666. The molecule has 1 saturated heterocycles. The lowest BCUT2D eigenvalue weighted by Gasteiger charge is -2.19. The van der Waals surface area contributed by atoms with Gasteiger partial charge in [0.05, 0.1) is 11.2 Å². The van der Waals surface area contributed by atoms with Crippen molar-refractivity contribution in [1.29, 1.82) is 0 Å². The summed E-state index contributed by atoms with van der Waals surface area (Å²) >= 11 is 1.55. The fraction of sp³-hybridized carbons (Fsp3) is 0.455. The molecule has 14 nitrogen and oxygen atoms in total. The largest absolute Gasteiger partial charge is 0.480 e. The molecule has 0 amide bonds. The predicted octanol–water partition coefficient (Wildman–Crippen LogP) is 0.0653. The third-order valence-electron chi connectivity index (χ3n) is 5.79. The minimum Gasteiger partial charge on any atom is -0.480 e. The Hall–Kier alpha value is -2.86. The second-order valence-corrected chi connectivity index (χ2v) is 10.9. The molecule has 7 N–H and O–H groups in total. The number of nitrogen functional groups attached to an aromatic ring is 1. The first kappa shape index (κ1) is 29.7. The second kappa shape index (κ2) is 12.8. The van der Waals surface area contributed by atoms with Gasteiger partial charge >= 0.3 is 5.97 Å². The Morgan fingerprint density at radius 3 is 2.50 bits per heavy atom. The third kappa shape index (κ3) is 7.16. The van der Waals surface area contributed by atoms with Gasteiger partial charge in [-0.05, 0) is 37.5 Å². The molecule has 1 aliphatic rings. The molecule has 208 valence electrons. The van der Waals surface area contributed by atoms with Crippen LogP contribution in [0.4, 0.5) is 5.82 Å². The van der Waals surface area contributed by atoms with Crippen molar-refractivity contribution in [2.75, 3.05) is 24.3 Å². The van der Waals surface area contributed by atoms with Crippen LogP contribution in [-0.2, 0) is 19.6 Å². The molecule has 1 fully saturated rings. The maximum absolute atomic E-state index is 11.3. The quantitative estimate of drug-likeness (QED) is 0.187. The maximum Gasteiger partial charge on any atom is 0.320 e. The maximum atomic E-state index is 11.3. The molecule has 0 aliphatic carbocycles. The molecule has 0 saturated carbocycles. The highest BCUT2D eigenvalue weighted by molar-refractivity contribution is 7.98. The van der Waals surface area contributed by atoms with Crippen molar-refractivity contribution in [3.05, 3.63) is 42.5 Å². The van der Waals surface area contributed by atoms with Crippen LogP contribution in [0.25, 0.3) is 11.2 Å². The molecule has 1 aliphatic heterocycles. The van der Waals surface area contributed by atoms with Crippen LogP contribution in [0.3, 0.4) is 0 Å². The Bertz CT molecular complexity index is 1340. The minimum atomic E-state index is -4.02. The van der Waals surface area contributed by atoms with Gasteiger partial charge in [-0.25, -0.2) is 15.0 Å². The number of benzene rings is 1. The first-order valence-corrected chi connectivity index (χ1v) is 14.2. The molecule has 2 aromatic heterocycles. The number of nitrogens with one attached hydrogen (secondary N) is 1. The highest BCUT2D eigenvalue weighted by atomic mass is 32.2. The molecule has 5 atom stereocenters. The van der Waals surface area contributed by atoms with Gasteiger partial charge in [-0.3, -0.25) is 13.9 Å². The van der Waals surface area contributed by atoms with Crippen molar-refractivity contribution in [1.82, 2.24) is 24.8 Å². The number of thioether (sulfide) groups is 1. The van der Waals surface area contributed by atoms with Gasteiger partial charge in [0.1, 0.15) is 36.2 Å². The smallest absolute Gasteiger partial charge is 0.320 e. The van der Waals surface area contributed by atoms with Crippen molar-refractivity contribution in [3.63, 3.8) is 0 Å². The monoisotopic (exact) mass is 570 g/mol. The Morgan fingerprint density at radius 1 is 1.21 bits per heavy atom. The van der Waals surface area contributed by atoms with E-state index < -0.39 is 46.7 Å². The number of aliphatic carboxylic acids is 1. The standard InChI is InChI=1S/C15H22N6O5S.C7H8O3S/c1-27-3-2-7(15(24)25)17-4-8-10(22)11(23)14(26-8)21-6-20-9-12(16)18-5-19-13(9)21;1-6-2-4-7(5-3-6)11(8,9)10/h5-8,10-11,14,17,22-23H,2-4H2,1H3,(H,24,25)(H2,16,18,19);2-5H,1H3,(H,8,9,10)/t7-,8+,10+,11+,14+;/m0./s1. The van der Waals surface area contributed by atoms with Crippen LogP contribution in [0.15, 0.2) is 41.8 Å². The van der Waals surface area contributed by atoms with Crippen LogP contribution < -0.4 is 11.1 Å². The molecule has 1 aromatic carbocycles. The Morgan fingerprint density at radius 2 is 1.89 bits per heavy atom. The van der Waals surface area contributed by atoms with Gasteiger partial charge in [-0.1, -0.05) is 17.7 Å². The second-order valence-electron chi connectivity index (χ2n) is 8.50. The van der Waals surface area contributed by atoms with E-state index in [9.17, 15) is 28.5 Å².